The standard InChI is InChI=1S/C12H16F2N2O/c1-8(2)16(3)12(17)7-15-11-6-9(13)4-5-10(11)14/h4-6,8,15H,7H2,1-3H3. The van der Waals surface area contributed by atoms with Crippen molar-refractivity contribution in [3.8, 4) is 0 Å². The monoisotopic (exact) mass is 242 g/mol. The Kier molecular flexibility index (Phi) is 4.43. The fourth-order valence-electron chi connectivity index (χ4n) is 1.22. The fraction of sp³-hybridized carbons (Fsp3) is 0.417. The topological polar surface area (TPSA) is 32.3 Å². The second-order valence-corrected chi connectivity index (χ2v) is 4.08. The number of nitrogens with one attached hydrogen (secondary N) is 1. The Bertz CT molecular complexity index is 407. The zero-order chi connectivity index (χ0) is 13.0. The number of benzene rings is 1. The lowest BCUT2D eigenvalue weighted by Gasteiger charge is -2.21. The highest BCUT2D eigenvalue weighted by molar-refractivity contribution is 5.80. The molecule has 0 aliphatic rings. The molecule has 0 aromatic heterocycles. The number of likely N-dealkylation sites (N-methyl/N-ethyl adjacent to an activating group) is 1. The van der Waals surface area contributed by atoms with Crippen molar-refractivity contribution in [1.82, 2.24) is 4.90 Å². The molecule has 3 nitrogen and oxygen atoms in total. The predicted molar refractivity (Wildman–Crippen MR) is 62.8 cm³/mol. The third-order valence-electron chi connectivity index (χ3n) is 2.53. The van der Waals surface area contributed by atoms with Crippen molar-refractivity contribution in [2.24, 2.45) is 0 Å². The normalized spacial score (nSPS) is 10.5. The van der Waals surface area contributed by atoms with Gasteiger partial charge < -0.3 is 10.2 Å². The number of nitrogens with zero attached hydrogens (tertiary/aromatic N) is 1. The van der Waals surface area contributed by atoms with E-state index in [0.29, 0.717) is 0 Å². The lowest BCUT2D eigenvalue weighted by Crippen LogP contribution is -2.37. The molecule has 0 unspecified atom stereocenters. The van der Waals surface area contributed by atoms with Gasteiger partial charge in [-0.25, -0.2) is 8.78 Å². The number of carbonyl (C=O) groups excluding carboxylic acids is 1. The Morgan fingerprint density at radius 3 is 2.65 bits per heavy atom. The Labute approximate surface area is 99.4 Å². The van der Waals surface area contributed by atoms with Gasteiger partial charge in [0.25, 0.3) is 0 Å². The molecule has 17 heavy (non-hydrogen) atoms. The van der Waals surface area contributed by atoms with Crippen LogP contribution < -0.4 is 5.32 Å². The summed E-state index contributed by atoms with van der Waals surface area (Å²) >= 11 is 0. The Morgan fingerprint density at radius 2 is 2.06 bits per heavy atom. The molecule has 0 atom stereocenters. The molecule has 1 aromatic carbocycles. The van der Waals surface area contributed by atoms with Crippen molar-refractivity contribution in [2.75, 3.05) is 18.9 Å². The van der Waals surface area contributed by atoms with Gasteiger partial charge in [0, 0.05) is 13.1 Å². The van der Waals surface area contributed by atoms with Gasteiger partial charge >= 0.3 is 0 Å². The molecule has 0 aliphatic heterocycles. The van der Waals surface area contributed by atoms with Gasteiger partial charge in [0.2, 0.25) is 5.91 Å². The highest BCUT2D eigenvalue weighted by Crippen LogP contribution is 2.14. The van der Waals surface area contributed by atoms with E-state index in [1.807, 2.05) is 13.8 Å². The molecule has 94 valence electrons. The van der Waals surface area contributed by atoms with Crippen molar-refractivity contribution in [3.63, 3.8) is 0 Å². The van der Waals surface area contributed by atoms with Crippen LogP contribution in [0, 0.1) is 11.6 Å². The van der Waals surface area contributed by atoms with Crippen molar-refractivity contribution in [3.05, 3.63) is 29.8 Å². The largest absolute Gasteiger partial charge is 0.374 e. The molecule has 0 radical (unpaired) electrons. The quantitative estimate of drug-likeness (QED) is 0.878. The summed E-state index contributed by atoms with van der Waals surface area (Å²) in [5.74, 6) is -1.30. The summed E-state index contributed by atoms with van der Waals surface area (Å²) in [7, 11) is 1.66. The minimum absolute atomic E-state index is 0.00416. The van der Waals surface area contributed by atoms with E-state index in [1.54, 1.807) is 7.05 Å². The van der Waals surface area contributed by atoms with E-state index < -0.39 is 11.6 Å². The van der Waals surface area contributed by atoms with Crippen LogP contribution in [-0.2, 0) is 4.79 Å². The number of rotatable bonds is 4. The van der Waals surface area contributed by atoms with Gasteiger partial charge in [0.1, 0.15) is 11.6 Å². The zero-order valence-corrected chi connectivity index (χ0v) is 10.1. The molecule has 5 heteroatoms. The number of amides is 1. The Morgan fingerprint density at radius 1 is 1.41 bits per heavy atom. The van der Waals surface area contributed by atoms with Crippen LogP contribution in [0.15, 0.2) is 18.2 Å². The summed E-state index contributed by atoms with van der Waals surface area (Å²) in [4.78, 5) is 13.1. The lowest BCUT2D eigenvalue weighted by molar-refractivity contribution is -0.129. The molecule has 0 saturated heterocycles. The predicted octanol–water partition coefficient (Wildman–Crippen LogP) is 2.24. The van der Waals surface area contributed by atoms with E-state index in [9.17, 15) is 13.6 Å². The number of anilines is 1. The van der Waals surface area contributed by atoms with Crippen molar-refractivity contribution in [2.45, 2.75) is 19.9 Å². The van der Waals surface area contributed by atoms with Gasteiger partial charge in [-0.3, -0.25) is 4.79 Å². The smallest absolute Gasteiger partial charge is 0.241 e. The van der Waals surface area contributed by atoms with E-state index in [-0.39, 0.29) is 24.2 Å². The van der Waals surface area contributed by atoms with Crippen molar-refractivity contribution < 1.29 is 13.6 Å². The maximum absolute atomic E-state index is 13.2. The van der Waals surface area contributed by atoms with Crippen LogP contribution in [0.25, 0.3) is 0 Å². The molecule has 0 fully saturated rings. The van der Waals surface area contributed by atoms with Crippen LogP contribution in [0.5, 0.6) is 0 Å². The summed E-state index contributed by atoms with van der Waals surface area (Å²) in [6.45, 7) is 3.69. The molecule has 0 spiro atoms. The average molecular weight is 242 g/mol. The molecule has 1 rings (SSSR count). The molecule has 0 saturated carbocycles. The number of hydrogen-bond donors (Lipinski definition) is 1. The van der Waals surface area contributed by atoms with E-state index in [1.165, 1.54) is 4.90 Å². The highest BCUT2D eigenvalue weighted by atomic mass is 19.1. The SMILES string of the molecule is CC(C)N(C)C(=O)CNc1cc(F)ccc1F. The third kappa shape index (κ3) is 3.69. The first-order valence-electron chi connectivity index (χ1n) is 5.36. The molecule has 0 bridgehead atoms. The van der Waals surface area contributed by atoms with Crippen molar-refractivity contribution >= 4 is 11.6 Å². The Hall–Kier alpha value is -1.65. The zero-order valence-electron chi connectivity index (χ0n) is 10.1. The van der Waals surface area contributed by atoms with E-state index in [4.69, 9.17) is 0 Å². The van der Waals surface area contributed by atoms with Crippen LogP contribution in [0.2, 0.25) is 0 Å². The second kappa shape index (κ2) is 5.61. The van der Waals surface area contributed by atoms with E-state index in [0.717, 1.165) is 18.2 Å². The third-order valence-corrected chi connectivity index (χ3v) is 2.53. The first-order chi connectivity index (χ1) is 7.91. The van der Waals surface area contributed by atoms with Gasteiger partial charge in [-0.05, 0) is 32.0 Å². The van der Waals surface area contributed by atoms with E-state index in [2.05, 4.69) is 5.32 Å². The molecular formula is C12H16F2N2O. The summed E-state index contributed by atoms with van der Waals surface area (Å²) in [5, 5.41) is 2.58. The number of halogens is 2. The summed E-state index contributed by atoms with van der Waals surface area (Å²) in [6, 6.07) is 3.15. The first kappa shape index (κ1) is 13.4. The number of hydrogen-bond acceptors (Lipinski definition) is 2. The van der Waals surface area contributed by atoms with Crippen molar-refractivity contribution in [1.29, 1.82) is 0 Å². The van der Waals surface area contributed by atoms with Gasteiger partial charge in [0.15, 0.2) is 0 Å². The lowest BCUT2D eigenvalue weighted by atomic mass is 10.3. The number of carbonyl (C=O) groups is 1. The molecule has 1 N–H and O–H groups in total. The van der Waals surface area contributed by atoms with Gasteiger partial charge in [-0.2, -0.15) is 0 Å². The molecule has 0 heterocycles. The minimum Gasteiger partial charge on any atom is -0.374 e. The summed E-state index contributed by atoms with van der Waals surface area (Å²) in [5.41, 5.74) is -0.00416. The molecule has 0 aliphatic carbocycles. The Balaban J connectivity index is 2.61. The average Bonchev–Trinajstić information content (AvgIpc) is 2.28. The highest BCUT2D eigenvalue weighted by Gasteiger charge is 2.12. The summed E-state index contributed by atoms with van der Waals surface area (Å²) in [6.07, 6.45) is 0. The molecule has 1 amide bonds. The van der Waals surface area contributed by atoms with Gasteiger partial charge in [0.05, 0.1) is 12.2 Å². The first-order valence-corrected chi connectivity index (χ1v) is 5.36. The summed E-state index contributed by atoms with van der Waals surface area (Å²) < 4.78 is 26.1. The van der Waals surface area contributed by atoms with Crippen LogP contribution >= 0.6 is 0 Å². The second-order valence-electron chi connectivity index (χ2n) is 4.08. The maximum atomic E-state index is 13.2. The van der Waals surface area contributed by atoms with E-state index >= 15 is 0 Å². The van der Waals surface area contributed by atoms with Crippen LogP contribution in [0.3, 0.4) is 0 Å². The van der Waals surface area contributed by atoms with Gasteiger partial charge in [-0.1, -0.05) is 0 Å². The van der Waals surface area contributed by atoms with Crippen LogP contribution in [0.1, 0.15) is 13.8 Å². The van der Waals surface area contributed by atoms with Crippen LogP contribution in [0.4, 0.5) is 14.5 Å². The maximum Gasteiger partial charge on any atom is 0.241 e. The molecular weight excluding hydrogens is 226 g/mol. The van der Waals surface area contributed by atoms with Crippen LogP contribution in [-0.4, -0.2) is 30.4 Å². The van der Waals surface area contributed by atoms with Gasteiger partial charge in [-0.15, -0.1) is 0 Å². The fourth-order valence-corrected chi connectivity index (χ4v) is 1.22. The minimum atomic E-state index is -0.577. The molecule has 1 aromatic rings.